The first-order valence-electron chi connectivity index (χ1n) is 9.25. The molecule has 8 heteroatoms. The maximum atomic E-state index is 13.5. The van der Waals surface area contributed by atoms with Crippen LogP contribution in [0.2, 0.25) is 0 Å². The largest absolute Gasteiger partial charge is 0.479 e. The van der Waals surface area contributed by atoms with Gasteiger partial charge in [0.1, 0.15) is 6.61 Å². The summed E-state index contributed by atoms with van der Waals surface area (Å²) < 4.78 is 32.3. The Hall–Kier alpha value is -3.00. The summed E-state index contributed by atoms with van der Waals surface area (Å²) in [5.41, 5.74) is 6.55. The summed E-state index contributed by atoms with van der Waals surface area (Å²) in [4.78, 5) is 23.8. The van der Waals surface area contributed by atoms with Gasteiger partial charge in [-0.05, 0) is 41.6 Å². The number of carbonyl (C=O) groups excluding carboxylic acids is 1. The lowest BCUT2D eigenvalue weighted by atomic mass is 9.94. The molecule has 1 amide bonds. The average Bonchev–Trinajstić information content (AvgIpc) is 3.03. The molecule has 3 rings (SSSR count). The van der Waals surface area contributed by atoms with E-state index in [0.29, 0.717) is 0 Å². The minimum Gasteiger partial charge on any atom is -0.479 e. The minimum atomic E-state index is -3.31. The van der Waals surface area contributed by atoms with Gasteiger partial charge in [0.2, 0.25) is 5.54 Å². The van der Waals surface area contributed by atoms with E-state index in [1.807, 2.05) is 53.8 Å². The zero-order valence-corrected chi connectivity index (χ0v) is 15.6. The number of amides is 1. The number of benzene rings is 2. The third-order valence-corrected chi connectivity index (χ3v) is 5.20. The summed E-state index contributed by atoms with van der Waals surface area (Å²) in [6.07, 6.45) is -5.00. The molecule has 1 aliphatic carbocycles. The van der Waals surface area contributed by atoms with Gasteiger partial charge in [0, 0.05) is 5.92 Å². The number of fused-ring (bicyclic) bond motifs is 3. The fourth-order valence-electron chi connectivity index (χ4n) is 3.68. The third kappa shape index (κ3) is 3.93. The lowest BCUT2D eigenvalue weighted by Gasteiger charge is -2.29. The van der Waals surface area contributed by atoms with Crippen LogP contribution in [-0.2, 0) is 9.53 Å². The van der Waals surface area contributed by atoms with Crippen LogP contribution in [0.3, 0.4) is 0 Å². The number of carboxylic acid groups (broad SMARTS) is 1. The van der Waals surface area contributed by atoms with Crippen LogP contribution in [-0.4, -0.2) is 42.3 Å². The van der Waals surface area contributed by atoms with Crippen LogP contribution in [0.15, 0.2) is 48.5 Å². The van der Waals surface area contributed by atoms with Crippen molar-refractivity contribution in [2.45, 2.75) is 30.7 Å². The normalized spacial score (nSPS) is 14.8. The first-order valence-corrected chi connectivity index (χ1v) is 9.25. The predicted octanol–water partition coefficient (Wildman–Crippen LogP) is 3.35. The summed E-state index contributed by atoms with van der Waals surface area (Å²) in [5, 5.41) is 11.2. The van der Waals surface area contributed by atoms with Crippen LogP contribution < -0.4 is 11.1 Å². The number of carbonyl (C=O) groups is 2. The second-order valence-corrected chi connectivity index (χ2v) is 6.92. The van der Waals surface area contributed by atoms with Gasteiger partial charge >= 0.3 is 12.1 Å². The molecule has 0 saturated carbocycles. The Morgan fingerprint density at radius 1 is 1.10 bits per heavy atom. The van der Waals surface area contributed by atoms with Crippen molar-refractivity contribution in [2.75, 3.05) is 13.2 Å². The van der Waals surface area contributed by atoms with Crippen molar-refractivity contribution in [3.05, 3.63) is 59.7 Å². The Labute approximate surface area is 166 Å². The first-order chi connectivity index (χ1) is 13.9. The molecule has 6 nitrogen and oxygen atoms in total. The van der Waals surface area contributed by atoms with Crippen molar-refractivity contribution < 1.29 is 28.2 Å². The van der Waals surface area contributed by atoms with Gasteiger partial charge in [0.05, 0.1) is 0 Å². The van der Waals surface area contributed by atoms with E-state index in [1.165, 1.54) is 0 Å². The highest BCUT2D eigenvalue weighted by atomic mass is 19.3. The maximum absolute atomic E-state index is 13.5. The van der Waals surface area contributed by atoms with Crippen molar-refractivity contribution in [1.29, 1.82) is 0 Å². The molecule has 0 saturated heterocycles. The molecule has 0 spiro atoms. The molecule has 0 heterocycles. The molecular formula is C21H22F2N2O4. The number of hydrogen-bond donors (Lipinski definition) is 3. The molecule has 29 heavy (non-hydrogen) atoms. The van der Waals surface area contributed by atoms with E-state index in [2.05, 4.69) is 0 Å². The van der Waals surface area contributed by atoms with Gasteiger partial charge in [0.25, 0.3) is 6.43 Å². The highest BCUT2D eigenvalue weighted by molar-refractivity contribution is 5.85. The van der Waals surface area contributed by atoms with Crippen molar-refractivity contribution in [1.82, 2.24) is 5.32 Å². The number of carboxylic acids is 1. The fourth-order valence-corrected chi connectivity index (χ4v) is 3.68. The Morgan fingerprint density at radius 3 is 2.14 bits per heavy atom. The number of aliphatic carboxylic acids is 1. The number of halogens is 2. The summed E-state index contributed by atoms with van der Waals surface area (Å²) in [7, 11) is 0. The summed E-state index contributed by atoms with van der Waals surface area (Å²) in [5.74, 6) is -2.09. The Balaban J connectivity index is 1.76. The van der Waals surface area contributed by atoms with Crippen LogP contribution in [0.25, 0.3) is 11.1 Å². The van der Waals surface area contributed by atoms with Gasteiger partial charge in [-0.1, -0.05) is 48.5 Å². The van der Waals surface area contributed by atoms with E-state index in [1.54, 1.807) is 0 Å². The average molecular weight is 404 g/mol. The summed E-state index contributed by atoms with van der Waals surface area (Å²) in [6.45, 7) is -0.0796. The molecule has 4 N–H and O–H groups in total. The minimum absolute atomic E-state index is 0.0142. The van der Waals surface area contributed by atoms with E-state index in [9.17, 15) is 23.5 Å². The quantitative estimate of drug-likeness (QED) is 0.626. The van der Waals surface area contributed by atoms with E-state index < -0.39 is 30.4 Å². The molecule has 1 unspecified atom stereocenters. The highest BCUT2D eigenvalue weighted by Crippen LogP contribution is 2.44. The van der Waals surface area contributed by atoms with Gasteiger partial charge in [-0.25, -0.2) is 18.4 Å². The number of alkyl halides is 2. The van der Waals surface area contributed by atoms with Gasteiger partial charge in [0.15, 0.2) is 0 Å². The standard InChI is InChI=1S/C21H22F2N2O4/c22-18(23)21(19(26)27,10-5-11-24)25-20(28)29-12-17-15-8-3-1-6-13(15)14-7-2-4-9-16(14)17/h1-4,6-9,17-18H,5,10-12,24H2,(H,25,28)(H,26,27). The third-order valence-electron chi connectivity index (χ3n) is 5.20. The SMILES string of the molecule is NCCCC(NC(=O)OCC1c2ccccc2-c2ccccc21)(C(=O)O)C(F)F. The molecule has 0 bridgehead atoms. The van der Waals surface area contributed by atoms with Crippen molar-refractivity contribution >= 4 is 12.1 Å². The number of ether oxygens (including phenoxy) is 1. The van der Waals surface area contributed by atoms with Gasteiger partial charge in [-0.3, -0.25) is 0 Å². The van der Waals surface area contributed by atoms with Crippen LogP contribution in [0.4, 0.5) is 13.6 Å². The van der Waals surface area contributed by atoms with Crippen LogP contribution >= 0.6 is 0 Å². The Kier molecular flexibility index (Phi) is 6.12. The molecule has 154 valence electrons. The predicted molar refractivity (Wildman–Crippen MR) is 103 cm³/mol. The lowest BCUT2D eigenvalue weighted by Crippen LogP contribution is -2.60. The summed E-state index contributed by atoms with van der Waals surface area (Å²) in [6, 6.07) is 15.3. The molecule has 0 fully saturated rings. The van der Waals surface area contributed by atoms with E-state index in [-0.39, 0.29) is 25.5 Å². The van der Waals surface area contributed by atoms with Crippen LogP contribution in [0, 0.1) is 0 Å². The zero-order valence-electron chi connectivity index (χ0n) is 15.6. The number of nitrogens with one attached hydrogen (secondary N) is 1. The number of rotatable bonds is 8. The second kappa shape index (κ2) is 8.57. The van der Waals surface area contributed by atoms with Crippen molar-refractivity contribution in [2.24, 2.45) is 5.73 Å². The van der Waals surface area contributed by atoms with Gasteiger partial charge in [-0.15, -0.1) is 0 Å². The Morgan fingerprint density at radius 2 is 1.66 bits per heavy atom. The first kappa shape index (κ1) is 20.7. The van der Waals surface area contributed by atoms with E-state index in [0.717, 1.165) is 22.3 Å². The van der Waals surface area contributed by atoms with Crippen molar-refractivity contribution in [3.8, 4) is 11.1 Å². The topological polar surface area (TPSA) is 102 Å². The van der Waals surface area contributed by atoms with Crippen molar-refractivity contribution in [3.63, 3.8) is 0 Å². The molecule has 1 aliphatic rings. The van der Waals surface area contributed by atoms with Gasteiger partial charge < -0.3 is 20.9 Å². The molecule has 2 aromatic carbocycles. The zero-order chi connectivity index (χ0) is 21.0. The van der Waals surface area contributed by atoms with E-state index >= 15 is 0 Å². The van der Waals surface area contributed by atoms with Gasteiger partial charge in [-0.2, -0.15) is 0 Å². The smallest absolute Gasteiger partial charge is 0.408 e. The second-order valence-electron chi connectivity index (χ2n) is 6.92. The molecule has 1 atom stereocenters. The highest BCUT2D eigenvalue weighted by Gasteiger charge is 2.49. The molecule has 0 aliphatic heterocycles. The molecule has 0 radical (unpaired) electrons. The fraction of sp³-hybridized carbons (Fsp3) is 0.333. The van der Waals surface area contributed by atoms with Crippen LogP contribution in [0.5, 0.6) is 0 Å². The monoisotopic (exact) mass is 404 g/mol. The molecule has 0 aromatic heterocycles. The van der Waals surface area contributed by atoms with E-state index in [4.69, 9.17) is 10.5 Å². The number of hydrogen-bond acceptors (Lipinski definition) is 4. The summed E-state index contributed by atoms with van der Waals surface area (Å²) >= 11 is 0. The Bertz CT molecular complexity index is 860. The number of alkyl carbamates (subject to hydrolysis) is 1. The van der Waals surface area contributed by atoms with Crippen LogP contribution in [0.1, 0.15) is 29.9 Å². The number of nitrogens with two attached hydrogens (primary N) is 1. The molecule has 2 aromatic rings. The lowest BCUT2D eigenvalue weighted by molar-refractivity contribution is -0.152. The maximum Gasteiger partial charge on any atom is 0.408 e. The molecular weight excluding hydrogens is 382 g/mol.